The average Bonchev–Trinajstić information content (AvgIpc) is 3.09. The number of fused-ring (bicyclic) bond motifs is 1. The zero-order valence-corrected chi connectivity index (χ0v) is 17.6. The number of hydrogen-bond donors (Lipinski definition) is 2. The maximum absolute atomic E-state index is 12.7. The molecule has 148 valence electrons. The van der Waals surface area contributed by atoms with E-state index in [1.54, 1.807) is 44.2 Å². The van der Waals surface area contributed by atoms with Gasteiger partial charge >= 0.3 is 0 Å². The Labute approximate surface area is 173 Å². The molecule has 3 rings (SSSR count). The highest BCUT2D eigenvalue weighted by Gasteiger charge is 2.22. The van der Waals surface area contributed by atoms with E-state index in [-0.39, 0.29) is 15.7 Å². The lowest BCUT2D eigenvalue weighted by Crippen LogP contribution is -2.30. The first-order chi connectivity index (χ1) is 13.3. The molecule has 28 heavy (non-hydrogen) atoms. The fourth-order valence-corrected chi connectivity index (χ4v) is 4.69. The summed E-state index contributed by atoms with van der Waals surface area (Å²) in [5, 5.41) is 10.0. The lowest BCUT2D eigenvalue weighted by atomic mass is 10.2. The molecule has 0 atom stereocenters. The van der Waals surface area contributed by atoms with Crippen LogP contribution in [0, 0.1) is 0 Å². The maximum Gasteiger partial charge on any atom is 0.243 e. The number of aromatic amines is 1. The summed E-state index contributed by atoms with van der Waals surface area (Å²) in [7, 11) is -3.56. The molecule has 3 aromatic rings. The van der Waals surface area contributed by atoms with Crippen molar-refractivity contribution in [3.63, 3.8) is 0 Å². The van der Waals surface area contributed by atoms with Crippen LogP contribution in [0.1, 0.15) is 25.2 Å². The van der Waals surface area contributed by atoms with Crippen molar-refractivity contribution in [1.29, 1.82) is 0 Å². The Morgan fingerprint density at radius 3 is 2.57 bits per heavy atom. The van der Waals surface area contributed by atoms with Crippen LogP contribution < -0.4 is 0 Å². The highest BCUT2D eigenvalue weighted by atomic mass is 35.5. The summed E-state index contributed by atoms with van der Waals surface area (Å²) >= 11 is 12.3. The molecule has 9 heteroatoms. The molecule has 2 aromatic carbocycles. The number of nitrogens with zero attached hydrogens (tertiary/aromatic N) is 2. The minimum absolute atomic E-state index is 0.0133. The van der Waals surface area contributed by atoms with Crippen molar-refractivity contribution in [1.82, 2.24) is 14.3 Å². The van der Waals surface area contributed by atoms with E-state index in [1.165, 1.54) is 16.4 Å². The van der Waals surface area contributed by atoms with Gasteiger partial charge in [0.1, 0.15) is 11.6 Å². The van der Waals surface area contributed by atoms with E-state index in [2.05, 4.69) is 9.97 Å². The van der Waals surface area contributed by atoms with E-state index < -0.39 is 10.0 Å². The van der Waals surface area contributed by atoms with Gasteiger partial charge < -0.3 is 10.1 Å². The number of phenolic OH excluding ortho intramolecular Hbond substituents is 1. The van der Waals surface area contributed by atoms with Gasteiger partial charge in [0.2, 0.25) is 10.0 Å². The van der Waals surface area contributed by atoms with Crippen molar-refractivity contribution in [3.05, 3.63) is 52.8 Å². The van der Waals surface area contributed by atoms with Crippen molar-refractivity contribution in [2.45, 2.75) is 18.7 Å². The second kappa shape index (κ2) is 8.13. The van der Waals surface area contributed by atoms with Gasteiger partial charge in [-0.3, -0.25) is 0 Å². The molecule has 0 fully saturated rings. The van der Waals surface area contributed by atoms with Crippen LogP contribution >= 0.6 is 23.2 Å². The van der Waals surface area contributed by atoms with Crippen molar-refractivity contribution in [2.75, 3.05) is 13.1 Å². The molecule has 2 N–H and O–H groups in total. The van der Waals surface area contributed by atoms with Gasteiger partial charge in [-0.1, -0.05) is 43.1 Å². The van der Waals surface area contributed by atoms with Gasteiger partial charge in [0.05, 0.1) is 26.0 Å². The molecule has 1 aromatic heterocycles. The molecule has 0 aliphatic carbocycles. The first-order valence-electron chi connectivity index (χ1n) is 8.62. The summed E-state index contributed by atoms with van der Waals surface area (Å²) in [6, 6.07) is 9.46. The summed E-state index contributed by atoms with van der Waals surface area (Å²) < 4.78 is 26.8. The van der Waals surface area contributed by atoms with E-state index in [1.807, 2.05) is 0 Å². The summed E-state index contributed by atoms with van der Waals surface area (Å²) in [6.45, 7) is 4.39. The number of sulfonamides is 1. The van der Waals surface area contributed by atoms with Crippen molar-refractivity contribution in [3.8, 4) is 5.75 Å². The molecule has 6 nitrogen and oxygen atoms in total. The Balaban J connectivity index is 1.98. The van der Waals surface area contributed by atoms with Crippen LogP contribution in [-0.2, 0) is 10.0 Å². The molecular weight excluding hydrogens is 421 g/mol. The predicted molar refractivity (Wildman–Crippen MR) is 113 cm³/mol. The van der Waals surface area contributed by atoms with E-state index in [0.717, 1.165) is 0 Å². The van der Waals surface area contributed by atoms with Crippen LogP contribution in [0.3, 0.4) is 0 Å². The minimum atomic E-state index is -3.56. The summed E-state index contributed by atoms with van der Waals surface area (Å²) in [5.41, 5.74) is 1.86. The maximum atomic E-state index is 12.7. The zero-order chi connectivity index (χ0) is 20.5. The lowest BCUT2D eigenvalue weighted by Gasteiger charge is -2.18. The lowest BCUT2D eigenvalue weighted by molar-refractivity contribution is 0.445. The number of halogens is 2. The highest BCUT2D eigenvalue weighted by Crippen LogP contribution is 2.28. The van der Waals surface area contributed by atoms with Crippen LogP contribution in [0.2, 0.25) is 5.02 Å². The van der Waals surface area contributed by atoms with Crippen LogP contribution in [-0.4, -0.2) is 40.9 Å². The molecule has 0 saturated heterocycles. The third-order valence-corrected chi connectivity index (χ3v) is 6.92. The molecule has 0 spiro atoms. The van der Waals surface area contributed by atoms with Crippen LogP contribution in [0.4, 0.5) is 0 Å². The number of benzene rings is 2. The van der Waals surface area contributed by atoms with Crippen LogP contribution in [0.5, 0.6) is 5.75 Å². The number of imidazole rings is 1. The molecule has 0 bridgehead atoms. The van der Waals surface area contributed by atoms with Gasteiger partial charge in [0.25, 0.3) is 0 Å². The number of phenols is 1. The van der Waals surface area contributed by atoms with Gasteiger partial charge in [-0.15, -0.1) is 0 Å². The Kier molecular flexibility index (Phi) is 6.00. The summed E-state index contributed by atoms with van der Waals surface area (Å²) in [5.74, 6) is 0.388. The summed E-state index contributed by atoms with van der Waals surface area (Å²) in [6.07, 6.45) is 1.65. The zero-order valence-electron chi connectivity index (χ0n) is 15.3. The van der Waals surface area contributed by atoms with Gasteiger partial charge in [-0.2, -0.15) is 4.31 Å². The fraction of sp³-hybridized carbons (Fsp3) is 0.211. The molecule has 1 heterocycles. The number of H-pyrrole nitrogens is 1. The predicted octanol–water partition coefficient (Wildman–Crippen LogP) is 4.69. The van der Waals surface area contributed by atoms with Crippen molar-refractivity contribution in [2.24, 2.45) is 0 Å². The molecule has 0 aliphatic heterocycles. The third-order valence-electron chi connectivity index (χ3n) is 4.29. The van der Waals surface area contributed by atoms with E-state index >= 15 is 0 Å². The van der Waals surface area contributed by atoms with Crippen LogP contribution in [0.25, 0.3) is 22.1 Å². The largest absolute Gasteiger partial charge is 0.506 e. The fourth-order valence-electron chi connectivity index (χ4n) is 2.80. The number of aromatic nitrogens is 2. The number of nitrogens with one attached hydrogen (secondary N) is 1. The molecule has 0 saturated carbocycles. The number of aromatic hydroxyl groups is 1. The Morgan fingerprint density at radius 1 is 1.21 bits per heavy atom. The molecule has 0 amide bonds. The second-order valence-corrected chi connectivity index (χ2v) is 8.81. The number of hydrogen-bond acceptors (Lipinski definition) is 4. The van der Waals surface area contributed by atoms with Gasteiger partial charge in [-0.25, -0.2) is 13.4 Å². The van der Waals surface area contributed by atoms with Crippen molar-refractivity contribution < 1.29 is 13.5 Å². The topological polar surface area (TPSA) is 86.3 Å². The molecule has 0 unspecified atom stereocenters. The first kappa shape index (κ1) is 20.7. The third kappa shape index (κ3) is 4.03. The SMILES string of the molecule is CCN(CC)S(=O)(=O)c1ccc2nc(C(Cl)=Cc3ccc(O)c(Cl)c3)[nH]c2c1. The first-order valence-corrected chi connectivity index (χ1v) is 10.8. The quantitative estimate of drug-likeness (QED) is 0.582. The van der Waals surface area contributed by atoms with E-state index in [0.29, 0.717) is 40.5 Å². The van der Waals surface area contributed by atoms with E-state index in [4.69, 9.17) is 23.2 Å². The van der Waals surface area contributed by atoms with Gasteiger partial charge in [0.15, 0.2) is 0 Å². The Bertz CT molecular complexity index is 1150. The molecule has 0 aliphatic rings. The monoisotopic (exact) mass is 439 g/mol. The molecular formula is C19H19Cl2N3O3S. The number of rotatable bonds is 6. The minimum Gasteiger partial charge on any atom is -0.506 e. The Hall–Kier alpha value is -2.06. The van der Waals surface area contributed by atoms with Crippen LogP contribution in [0.15, 0.2) is 41.3 Å². The molecule has 0 radical (unpaired) electrons. The highest BCUT2D eigenvalue weighted by molar-refractivity contribution is 7.89. The van der Waals surface area contributed by atoms with Gasteiger partial charge in [0, 0.05) is 13.1 Å². The Morgan fingerprint density at radius 2 is 1.93 bits per heavy atom. The average molecular weight is 440 g/mol. The standard InChI is InChI=1S/C19H19Cl2N3O3S/c1-3-24(4-2)28(26,27)13-6-7-16-17(11-13)23-19(22-16)15(21)10-12-5-8-18(25)14(20)9-12/h5-11,25H,3-4H2,1-2H3,(H,22,23). The van der Waals surface area contributed by atoms with E-state index in [9.17, 15) is 13.5 Å². The normalized spacial score (nSPS) is 12.8. The smallest absolute Gasteiger partial charge is 0.243 e. The summed E-state index contributed by atoms with van der Waals surface area (Å²) in [4.78, 5) is 7.66. The van der Waals surface area contributed by atoms with Crippen molar-refractivity contribution >= 4 is 55.4 Å². The van der Waals surface area contributed by atoms with Gasteiger partial charge in [-0.05, 0) is 42.0 Å². The second-order valence-electron chi connectivity index (χ2n) is 6.06.